The van der Waals surface area contributed by atoms with Crippen LogP contribution >= 0.6 is 0 Å². The van der Waals surface area contributed by atoms with E-state index in [2.05, 4.69) is 45.0 Å². The fourth-order valence-corrected chi connectivity index (χ4v) is 8.95. The molecule has 1 amide bonds. The van der Waals surface area contributed by atoms with Crippen molar-refractivity contribution in [1.82, 2.24) is 4.90 Å². The first-order chi connectivity index (χ1) is 15.8. The van der Waals surface area contributed by atoms with Gasteiger partial charge in [0, 0.05) is 6.54 Å². The number of carbonyl (C=O) groups is 1. The Bertz CT molecular complexity index is 967. The van der Waals surface area contributed by atoms with Crippen LogP contribution in [0.2, 0.25) is 5.04 Å². The van der Waals surface area contributed by atoms with E-state index in [1.807, 2.05) is 66.7 Å². The van der Waals surface area contributed by atoms with E-state index in [0.717, 1.165) is 15.9 Å². The highest BCUT2D eigenvalue weighted by Crippen LogP contribution is 2.37. The molecule has 0 aromatic heterocycles. The van der Waals surface area contributed by atoms with Crippen molar-refractivity contribution in [2.24, 2.45) is 0 Å². The van der Waals surface area contributed by atoms with Gasteiger partial charge in [-0.25, -0.2) is 4.79 Å². The first-order valence-electron chi connectivity index (χ1n) is 11.2. The molecule has 0 fully saturated rings. The van der Waals surface area contributed by atoms with Crippen molar-refractivity contribution in [1.29, 1.82) is 0 Å². The predicted molar refractivity (Wildman–Crippen MR) is 134 cm³/mol. The third-order valence-corrected chi connectivity index (χ3v) is 11.0. The van der Waals surface area contributed by atoms with E-state index in [1.54, 1.807) is 0 Å². The summed E-state index contributed by atoms with van der Waals surface area (Å²) in [5.41, 5.74) is 0.865. The normalized spacial score (nSPS) is 12.8. The molecule has 0 spiro atoms. The number of carboxylic acid groups (broad SMARTS) is 1. The molecule has 2 N–H and O–H groups in total. The Morgan fingerprint density at radius 1 is 0.879 bits per heavy atom. The van der Waals surface area contributed by atoms with Gasteiger partial charge in [-0.1, -0.05) is 112 Å². The first kappa shape index (κ1) is 24.7. The van der Waals surface area contributed by atoms with Crippen LogP contribution in [0.25, 0.3) is 0 Å². The minimum Gasteiger partial charge on any atom is -0.465 e. The van der Waals surface area contributed by atoms with Crippen LogP contribution in [0.1, 0.15) is 26.3 Å². The first-order valence-corrected chi connectivity index (χ1v) is 13.1. The number of benzene rings is 3. The maximum absolute atomic E-state index is 12.1. The van der Waals surface area contributed by atoms with Crippen LogP contribution < -0.4 is 10.4 Å². The molecule has 5 nitrogen and oxygen atoms in total. The highest BCUT2D eigenvalue weighted by Gasteiger charge is 2.50. The highest BCUT2D eigenvalue weighted by molar-refractivity contribution is 6.99. The predicted octanol–water partition coefficient (Wildman–Crippen LogP) is 4.10. The van der Waals surface area contributed by atoms with E-state index in [4.69, 9.17) is 4.43 Å². The number of aliphatic hydroxyl groups is 1. The van der Waals surface area contributed by atoms with Crippen LogP contribution in [0.4, 0.5) is 4.79 Å². The fourth-order valence-electron chi connectivity index (χ4n) is 4.36. The molecule has 0 aliphatic rings. The second kappa shape index (κ2) is 10.8. The lowest BCUT2D eigenvalue weighted by molar-refractivity contribution is 0.0668. The van der Waals surface area contributed by atoms with Gasteiger partial charge >= 0.3 is 6.09 Å². The van der Waals surface area contributed by atoms with Crippen LogP contribution in [0.5, 0.6) is 0 Å². The summed E-state index contributed by atoms with van der Waals surface area (Å²) < 4.78 is 6.86. The summed E-state index contributed by atoms with van der Waals surface area (Å²) in [5, 5.41) is 22.1. The van der Waals surface area contributed by atoms with Gasteiger partial charge in [0.2, 0.25) is 0 Å². The van der Waals surface area contributed by atoms with Crippen LogP contribution in [0, 0.1) is 0 Å². The summed E-state index contributed by atoms with van der Waals surface area (Å²) in [6.07, 6.45) is -1.08. The molecule has 0 bridgehead atoms. The number of hydrogen-bond acceptors (Lipinski definition) is 3. The van der Waals surface area contributed by atoms with Gasteiger partial charge in [0.15, 0.2) is 0 Å². The number of nitrogens with zero attached hydrogens (tertiary/aromatic N) is 1. The zero-order valence-electron chi connectivity index (χ0n) is 19.5. The van der Waals surface area contributed by atoms with Crippen molar-refractivity contribution in [3.8, 4) is 0 Å². The van der Waals surface area contributed by atoms with Crippen LogP contribution in [-0.4, -0.2) is 48.8 Å². The van der Waals surface area contributed by atoms with Gasteiger partial charge in [0.05, 0.1) is 19.3 Å². The lowest BCUT2D eigenvalue weighted by Crippen LogP contribution is -2.67. The highest BCUT2D eigenvalue weighted by atomic mass is 28.4. The number of aliphatic hydroxyl groups excluding tert-OH is 1. The van der Waals surface area contributed by atoms with Gasteiger partial charge in [-0.15, -0.1) is 0 Å². The number of amides is 1. The summed E-state index contributed by atoms with van der Waals surface area (Å²) in [5.74, 6) is 0. The lowest BCUT2D eigenvalue weighted by Gasteiger charge is -2.44. The summed E-state index contributed by atoms with van der Waals surface area (Å²) in [7, 11) is -2.83. The standard InChI is InChI=1S/C27H33NO4Si/c1-27(2,3)33(24-15-9-5-10-16-24,25-17-11-6-12-18-25)32-21-23(20-29)28(26(30)31)19-22-13-7-4-8-14-22/h4-18,23,29H,19-21H2,1-3H3,(H,30,31). The monoisotopic (exact) mass is 463 g/mol. The molecule has 174 valence electrons. The van der Waals surface area contributed by atoms with Crippen molar-refractivity contribution in [3.63, 3.8) is 0 Å². The molecule has 0 saturated heterocycles. The molecular weight excluding hydrogens is 430 g/mol. The Hall–Kier alpha value is -2.93. The minimum absolute atomic E-state index is 0.100. The van der Waals surface area contributed by atoms with E-state index in [-0.39, 0.29) is 24.8 Å². The van der Waals surface area contributed by atoms with E-state index in [0.29, 0.717) is 0 Å². The summed E-state index contributed by atoms with van der Waals surface area (Å²) >= 11 is 0. The van der Waals surface area contributed by atoms with Crippen molar-refractivity contribution >= 4 is 24.8 Å². The molecule has 1 unspecified atom stereocenters. The van der Waals surface area contributed by atoms with Gasteiger partial charge in [-0.05, 0) is 21.0 Å². The van der Waals surface area contributed by atoms with Crippen LogP contribution in [-0.2, 0) is 11.0 Å². The molecule has 0 aliphatic heterocycles. The molecule has 0 saturated carbocycles. The average Bonchev–Trinajstić information content (AvgIpc) is 2.82. The van der Waals surface area contributed by atoms with Crippen molar-refractivity contribution < 1.29 is 19.4 Å². The minimum atomic E-state index is -2.83. The van der Waals surface area contributed by atoms with Crippen molar-refractivity contribution in [3.05, 3.63) is 96.6 Å². The van der Waals surface area contributed by atoms with Gasteiger partial charge in [0.25, 0.3) is 8.32 Å². The zero-order valence-corrected chi connectivity index (χ0v) is 20.5. The molecule has 3 aromatic carbocycles. The molecule has 33 heavy (non-hydrogen) atoms. The summed E-state index contributed by atoms with van der Waals surface area (Å²) in [6, 6.07) is 29.1. The summed E-state index contributed by atoms with van der Waals surface area (Å²) in [4.78, 5) is 13.4. The molecular formula is C27H33NO4Si. The fraction of sp³-hybridized carbons (Fsp3) is 0.296. The Morgan fingerprint density at radius 3 is 1.73 bits per heavy atom. The molecule has 3 rings (SSSR count). The Morgan fingerprint density at radius 2 is 1.33 bits per heavy atom. The number of hydrogen-bond donors (Lipinski definition) is 2. The molecule has 3 aromatic rings. The third kappa shape index (κ3) is 5.53. The Balaban J connectivity index is 1.99. The molecule has 0 aliphatic carbocycles. The van der Waals surface area contributed by atoms with Crippen LogP contribution in [0.3, 0.4) is 0 Å². The second-order valence-electron chi connectivity index (χ2n) is 9.21. The molecule has 0 heterocycles. The maximum Gasteiger partial charge on any atom is 0.408 e. The second-order valence-corrected chi connectivity index (χ2v) is 13.5. The number of rotatable bonds is 9. The van der Waals surface area contributed by atoms with E-state index < -0.39 is 20.5 Å². The van der Waals surface area contributed by atoms with Crippen LogP contribution in [0.15, 0.2) is 91.0 Å². The SMILES string of the molecule is CC(C)(C)[Si](OCC(CO)N(Cc1ccccc1)C(=O)O)(c1ccccc1)c1ccccc1. The lowest BCUT2D eigenvalue weighted by atomic mass is 10.2. The van der Waals surface area contributed by atoms with Gasteiger partial charge in [-0.2, -0.15) is 0 Å². The van der Waals surface area contributed by atoms with Gasteiger partial charge in [-0.3, -0.25) is 4.90 Å². The van der Waals surface area contributed by atoms with E-state index >= 15 is 0 Å². The van der Waals surface area contributed by atoms with E-state index in [1.165, 1.54) is 4.90 Å². The smallest absolute Gasteiger partial charge is 0.408 e. The summed E-state index contributed by atoms with van der Waals surface area (Å²) in [6.45, 7) is 6.48. The van der Waals surface area contributed by atoms with Gasteiger partial charge in [0.1, 0.15) is 0 Å². The average molecular weight is 464 g/mol. The Labute approximate surface area is 197 Å². The topological polar surface area (TPSA) is 70.0 Å². The van der Waals surface area contributed by atoms with E-state index in [9.17, 15) is 15.0 Å². The van der Waals surface area contributed by atoms with Gasteiger partial charge < -0.3 is 14.6 Å². The zero-order chi connectivity index (χ0) is 23.9. The van der Waals surface area contributed by atoms with Crippen molar-refractivity contribution in [2.75, 3.05) is 13.2 Å². The molecule has 1 atom stereocenters. The largest absolute Gasteiger partial charge is 0.465 e. The third-order valence-electron chi connectivity index (χ3n) is 6.00. The molecule has 0 radical (unpaired) electrons. The Kier molecular flexibility index (Phi) is 8.08. The van der Waals surface area contributed by atoms with Crippen molar-refractivity contribution in [2.45, 2.75) is 38.4 Å². The molecule has 6 heteroatoms. The maximum atomic E-state index is 12.1. The quantitative estimate of drug-likeness (QED) is 0.469.